The zero-order chi connectivity index (χ0) is 22.9. The number of benzene rings is 2. The van der Waals surface area contributed by atoms with Gasteiger partial charge in [0.1, 0.15) is 5.75 Å². The van der Waals surface area contributed by atoms with Crippen molar-refractivity contribution in [2.24, 2.45) is 0 Å². The highest BCUT2D eigenvalue weighted by Gasteiger charge is 2.35. The summed E-state index contributed by atoms with van der Waals surface area (Å²) < 4.78 is 37.1. The third-order valence-corrected chi connectivity index (χ3v) is 6.54. The molecule has 0 aliphatic carbocycles. The summed E-state index contributed by atoms with van der Waals surface area (Å²) in [6, 6.07) is 11.9. The molecule has 0 bridgehead atoms. The number of morpholine rings is 1. The van der Waals surface area contributed by atoms with E-state index < -0.39 is 22.0 Å². The van der Waals surface area contributed by atoms with Gasteiger partial charge in [-0.1, -0.05) is 18.2 Å². The second kappa shape index (κ2) is 8.79. The van der Waals surface area contributed by atoms with Crippen LogP contribution in [-0.2, 0) is 19.6 Å². The van der Waals surface area contributed by atoms with Crippen LogP contribution in [0.5, 0.6) is 5.75 Å². The first-order valence-electron chi connectivity index (χ1n) is 10.3. The van der Waals surface area contributed by atoms with Crippen molar-refractivity contribution in [1.29, 1.82) is 0 Å². The normalized spacial score (nSPS) is 18.5. The van der Waals surface area contributed by atoms with Crippen molar-refractivity contribution in [2.45, 2.75) is 13.0 Å². The van der Waals surface area contributed by atoms with Crippen molar-refractivity contribution in [2.75, 3.05) is 48.7 Å². The van der Waals surface area contributed by atoms with Gasteiger partial charge in [-0.2, -0.15) is 0 Å². The summed E-state index contributed by atoms with van der Waals surface area (Å²) in [5.41, 5.74) is 1.98. The Hall–Kier alpha value is -3.11. The third-order valence-electron chi connectivity index (χ3n) is 5.39. The smallest absolute Gasteiger partial charge is 0.267 e. The van der Waals surface area contributed by atoms with E-state index >= 15 is 0 Å². The fourth-order valence-corrected chi connectivity index (χ4v) is 4.65. The predicted molar refractivity (Wildman–Crippen MR) is 120 cm³/mol. The summed E-state index contributed by atoms with van der Waals surface area (Å²) >= 11 is 0. The van der Waals surface area contributed by atoms with Crippen LogP contribution in [0.2, 0.25) is 0 Å². The zero-order valence-corrected chi connectivity index (χ0v) is 18.7. The van der Waals surface area contributed by atoms with Crippen LogP contribution in [0.15, 0.2) is 42.5 Å². The van der Waals surface area contributed by atoms with Crippen molar-refractivity contribution in [3.63, 3.8) is 0 Å². The molecule has 2 heterocycles. The number of nitrogens with zero attached hydrogens (tertiary/aromatic N) is 2. The van der Waals surface area contributed by atoms with Gasteiger partial charge in [-0.25, -0.2) is 8.42 Å². The van der Waals surface area contributed by atoms with Gasteiger partial charge in [0.25, 0.3) is 11.8 Å². The molecule has 1 fully saturated rings. The van der Waals surface area contributed by atoms with E-state index in [2.05, 4.69) is 5.32 Å². The van der Waals surface area contributed by atoms with Crippen LogP contribution in [0.4, 0.5) is 11.4 Å². The monoisotopic (exact) mass is 459 g/mol. The van der Waals surface area contributed by atoms with Gasteiger partial charge in [0, 0.05) is 13.1 Å². The van der Waals surface area contributed by atoms with Crippen LogP contribution in [0.3, 0.4) is 0 Å². The second-order valence-electron chi connectivity index (χ2n) is 7.81. The molecule has 0 unspecified atom stereocenters. The molecule has 32 heavy (non-hydrogen) atoms. The number of amides is 2. The average molecular weight is 460 g/mol. The van der Waals surface area contributed by atoms with Crippen molar-refractivity contribution in [1.82, 2.24) is 4.90 Å². The van der Waals surface area contributed by atoms with Gasteiger partial charge in [0.05, 0.1) is 43.0 Å². The summed E-state index contributed by atoms with van der Waals surface area (Å²) in [5, 5.41) is 2.75. The van der Waals surface area contributed by atoms with E-state index in [0.29, 0.717) is 49.0 Å². The summed E-state index contributed by atoms with van der Waals surface area (Å²) in [6.45, 7) is 3.58. The van der Waals surface area contributed by atoms with Gasteiger partial charge in [0.15, 0.2) is 6.10 Å². The highest BCUT2D eigenvalue weighted by atomic mass is 32.2. The Morgan fingerprint density at radius 1 is 1.09 bits per heavy atom. The summed E-state index contributed by atoms with van der Waals surface area (Å²) in [6.07, 6.45) is 0.0156. The second-order valence-corrected chi connectivity index (χ2v) is 9.72. The minimum absolute atomic E-state index is 0.166. The number of rotatable bonds is 4. The molecule has 0 aromatic heterocycles. The standard InChI is InChI=1S/C22H25N3O6S/c1-15-7-8-19-18(13-15)25(32(2,28)29)14-20(31-19)21(26)23-17-6-4-3-5-16(17)22(27)24-9-11-30-12-10-24/h3-8,13,20H,9-12,14H2,1-2H3,(H,23,26)/t20-/m0/s1. The van der Waals surface area contributed by atoms with E-state index in [-0.39, 0.29) is 12.5 Å². The zero-order valence-electron chi connectivity index (χ0n) is 17.9. The van der Waals surface area contributed by atoms with Crippen molar-refractivity contribution in [3.05, 3.63) is 53.6 Å². The van der Waals surface area contributed by atoms with Gasteiger partial charge in [0.2, 0.25) is 10.0 Å². The van der Waals surface area contributed by atoms with Crippen LogP contribution in [-0.4, -0.2) is 70.3 Å². The van der Waals surface area contributed by atoms with Crippen LogP contribution in [0, 0.1) is 6.92 Å². The third kappa shape index (κ3) is 4.56. The Labute approximate surface area is 187 Å². The molecule has 1 N–H and O–H groups in total. The van der Waals surface area contributed by atoms with Crippen molar-refractivity contribution in [3.8, 4) is 5.75 Å². The SMILES string of the molecule is Cc1ccc2c(c1)N(S(C)(=O)=O)C[C@@H](C(=O)Nc1ccccc1C(=O)N1CCOCC1)O2. The molecule has 2 aromatic carbocycles. The molecular weight excluding hydrogens is 434 g/mol. The first-order valence-corrected chi connectivity index (χ1v) is 12.1. The maximum Gasteiger partial charge on any atom is 0.267 e. The lowest BCUT2D eigenvalue weighted by Crippen LogP contribution is -2.48. The fraction of sp³-hybridized carbons (Fsp3) is 0.364. The molecule has 0 saturated carbocycles. The number of hydrogen-bond donors (Lipinski definition) is 1. The molecule has 10 heteroatoms. The van der Waals surface area contributed by atoms with Crippen LogP contribution >= 0.6 is 0 Å². The van der Waals surface area contributed by atoms with E-state index in [1.807, 2.05) is 6.92 Å². The minimum atomic E-state index is -3.63. The number of hydrogen-bond acceptors (Lipinski definition) is 6. The molecule has 0 spiro atoms. The summed E-state index contributed by atoms with van der Waals surface area (Å²) in [7, 11) is -3.63. The molecule has 170 valence electrons. The molecule has 0 radical (unpaired) electrons. The molecule has 1 saturated heterocycles. The highest BCUT2D eigenvalue weighted by Crippen LogP contribution is 2.36. The molecule has 4 rings (SSSR count). The number of ether oxygens (including phenoxy) is 2. The highest BCUT2D eigenvalue weighted by molar-refractivity contribution is 7.92. The molecule has 9 nitrogen and oxygen atoms in total. The van der Waals surface area contributed by atoms with Gasteiger partial charge >= 0.3 is 0 Å². The Morgan fingerprint density at radius 2 is 1.81 bits per heavy atom. The summed E-state index contributed by atoms with van der Waals surface area (Å²) in [4.78, 5) is 27.7. The number of carbonyl (C=O) groups excluding carboxylic acids is 2. The number of sulfonamides is 1. The number of nitrogens with one attached hydrogen (secondary N) is 1. The lowest BCUT2D eigenvalue weighted by Gasteiger charge is -2.34. The Bertz CT molecular complexity index is 1140. The van der Waals surface area contributed by atoms with Gasteiger partial charge in [-0.05, 0) is 36.8 Å². The topological polar surface area (TPSA) is 105 Å². The van der Waals surface area contributed by atoms with Gasteiger partial charge in [-0.15, -0.1) is 0 Å². The van der Waals surface area contributed by atoms with Crippen LogP contribution < -0.4 is 14.4 Å². The Kier molecular flexibility index (Phi) is 6.07. The molecule has 2 aromatic rings. The molecular formula is C22H25N3O6S. The largest absolute Gasteiger partial charge is 0.476 e. The van der Waals surface area contributed by atoms with E-state index in [0.717, 1.165) is 11.8 Å². The van der Waals surface area contributed by atoms with Crippen LogP contribution in [0.1, 0.15) is 15.9 Å². The maximum absolute atomic E-state index is 13.1. The van der Waals surface area contributed by atoms with Crippen LogP contribution in [0.25, 0.3) is 0 Å². The maximum atomic E-state index is 13.1. The number of anilines is 2. The Morgan fingerprint density at radius 3 is 2.53 bits per heavy atom. The van der Waals surface area contributed by atoms with E-state index in [1.54, 1.807) is 47.4 Å². The molecule has 2 aliphatic rings. The summed E-state index contributed by atoms with van der Waals surface area (Å²) in [5.74, 6) is -0.426. The minimum Gasteiger partial charge on any atom is -0.476 e. The predicted octanol–water partition coefficient (Wildman–Crippen LogP) is 1.63. The number of carbonyl (C=O) groups is 2. The lowest BCUT2D eigenvalue weighted by atomic mass is 10.1. The van der Waals surface area contributed by atoms with E-state index in [4.69, 9.17) is 9.47 Å². The first kappa shape index (κ1) is 22.1. The quantitative estimate of drug-likeness (QED) is 0.745. The van der Waals surface area contributed by atoms with E-state index in [1.165, 1.54) is 4.31 Å². The lowest BCUT2D eigenvalue weighted by molar-refractivity contribution is -0.122. The average Bonchev–Trinajstić information content (AvgIpc) is 2.78. The Balaban J connectivity index is 1.57. The molecule has 1 atom stereocenters. The van der Waals surface area contributed by atoms with Gasteiger partial charge < -0.3 is 19.7 Å². The molecule has 2 amide bonds. The first-order chi connectivity index (χ1) is 15.2. The fourth-order valence-electron chi connectivity index (χ4n) is 3.74. The van der Waals surface area contributed by atoms with Crippen molar-refractivity contribution >= 4 is 33.2 Å². The number of aryl methyl sites for hydroxylation is 1. The number of fused-ring (bicyclic) bond motifs is 1. The van der Waals surface area contributed by atoms with E-state index in [9.17, 15) is 18.0 Å². The van der Waals surface area contributed by atoms with Gasteiger partial charge in [-0.3, -0.25) is 13.9 Å². The van der Waals surface area contributed by atoms with Crippen molar-refractivity contribution < 1.29 is 27.5 Å². The molecule has 2 aliphatic heterocycles. The number of para-hydroxylation sites is 1.